The van der Waals surface area contributed by atoms with Gasteiger partial charge in [-0.25, -0.2) is 0 Å². The third-order valence-corrected chi connectivity index (χ3v) is 2.23. The second kappa shape index (κ2) is 4.48. The fraction of sp³-hybridized carbons (Fsp3) is 0.400. The Morgan fingerprint density at radius 1 is 1.42 bits per heavy atom. The normalized spacial score (nSPS) is 10.2. The fourth-order valence-electron chi connectivity index (χ4n) is 1.09. The Bertz CT molecular complexity index is 258. The molecule has 66 valence electrons. The van der Waals surface area contributed by atoms with Gasteiger partial charge in [-0.05, 0) is 30.7 Å². The summed E-state index contributed by atoms with van der Waals surface area (Å²) in [4.78, 5) is 0. The summed E-state index contributed by atoms with van der Waals surface area (Å²) in [7, 11) is 0. The number of hydrogen-bond acceptors (Lipinski definition) is 1. The van der Waals surface area contributed by atoms with E-state index >= 15 is 0 Å². The zero-order chi connectivity index (χ0) is 8.97. The van der Waals surface area contributed by atoms with Gasteiger partial charge in [0.25, 0.3) is 0 Å². The van der Waals surface area contributed by atoms with Crippen molar-refractivity contribution in [2.45, 2.75) is 20.4 Å². The molecule has 0 amide bonds. The molecule has 0 aliphatic rings. The van der Waals surface area contributed by atoms with E-state index in [1.165, 1.54) is 5.56 Å². The Morgan fingerprint density at radius 2 is 2.17 bits per heavy atom. The van der Waals surface area contributed by atoms with Crippen molar-refractivity contribution in [1.29, 1.82) is 0 Å². The van der Waals surface area contributed by atoms with E-state index in [1.807, 2.05) is 13.0 Å². The molecule has 1 aromatic rings. The van der Waals surface area contributed by atoms with Crippen LogP contribution in [0.1, 0.15) is 18.1 Å². The van der Waals surface area contributed by atoms with Gasteiger partial charge in [0.15, 0.2) is 0 Å². The Kier molecular flexibility index (Phi) is 3.57. The van der Waals surface area contributed by atoms with Crippen molar-refractivity contribution in [3.63, 3.8) is 0 Å². The van der Waals surface area contributed by atoms with Gasteiger partial charge in [-0.1, -0.05) is 30.7 Å². The molecule has 0 unspecified atom stereocenters. The molecule has 0 fully saturated rings. The molecular formula is C10H14ClN. The topological polar surface area (TPSA) is 12.0 Å². The molecule has 2 heteroatoms. The molecule has 0 radical (unpaired) electrons. The van der Waals surface area contributed by atoms with Crippen LogP contribution < -0.4 is 5.32 Å². The first kappa shape index (κ1) is 9.56. The zero-order valence-electron chi connectivity index (χ0n) is 7.52. The van der Waals surface area contributed by atoms with Crippen molar-refractivity contribution in [1.82, 2.24) is 5.32 Å². The summed E-state index contributed by atoms with van der Waals surface area (Å²) in [5.41, 5.74) is 2.44. The molecule has 0 bridgehead atoms. The molecule has 1 rings (SSSR count). The average molecular weight is 184 g/mol. The minimum atomic E-state index is 0.843. The van der Waals surface area contributed by atoms with Crippen LogP contribution in [0.25, 0.3) is 0 Å². The molecule has 12 heavy (non-hydrogen) atoms. The Morgan fingerprint density at radius 3 is 2.75 bits per heavy atom. The molecule has 0 atom stereocenters. The maximum Gasteiger partial charge on any atom is 0.0435 e. The van der Waals surface area contributed by atoms with E-state index in [-0.39, 0.29) is 0 Å². The van der Waals surface area contributed by atoms with Gasteiger partial charge in [-0.15, -0.1) is 0 Å². The van der Waals surface area contributed by atoms with E-state index in [2.05, 4.69) is 24.4 Å². The number of halogens is 1. The van der Waals surface area contributed by atoms with Crippen molar-refractivity contribution in [3.8, 4) is 0 Å². The zero-order valence-corrected chi connectivity index (χ0v) is 8.28. The third kappa shape index (κ3) is 2.50. The number of aryl methyl sites for hydroxylation is 1. The van der Waals surface area contributed by atoms with Crippen LogP contribution in [-0.2, 0) is 6.54 Å². The summed E-state index contributed by atoms with van der Waals surface area (Å²) in [6, 6.07) is 6.12. The molecule has 1 nitrogen and oxygen atoms in total. The highest BCUT2D eigenvalue weighted by atomic mass is 35.5. The maximum atomic E-state index is 5.89. The molecule has 0 saturated heterocycles. The standard InChI is InChI=1S/C10H14ClN/c1-3-12-7-9-4-5-10(11)8(2)6-9/h4-6,12H,3,7H2,1-2H3. The van der Waals surface area contributed by atoms with Gasteiger partial charge < -0.3 is 5.32 Å². The van der Waals surface area contributed by atoms with Gasteiger partial charge in [0, 0.05) is 11.6 Å². The van der Waals surface area contributed by atoms with Gasteiger partial charge in [0.05, 0.1) is 0 Å². The Hall–Kier alpha value is -0.530. The van der Waals surface area contributed by atoms with Crippen LogP contribution in [0.2, 0.25) is 5.02 Å². The monoisotopic (exact) mass is 183 g/mol. The summed E-state index contributed by atoms with van der Waals surface area (Å²) in [6.07, 6.45) is 0. The summed E-state index contributed by atoms with van der Waals surface area (Å²) < 4.78 is 0. The highest BCUT2D eigenvalue weighted by molar-refractivity contribution is 6.31. The van der Waals surface area contributed by atoms with Gasteiger partial charge in [0.1, 0.15) is 0 Å². The van der Waals surface area contributed by atoms with E-state index < -0.39 is 0 Å². The molecule has 0 spiro atoms. The lowest BCUT2D eigenvalue weighted by molar-refractivity contribution is 0.726. The third-order valence-electron chi connectivity index (χ3n) is 1.80. The van der Waals surface area contributed by atoms with Gasteiger partial charge in [0.2, 0.25) is 0 Å². The van der Waals surface area contributed by atoms with E-state index in [0.717, 1.165) is 23.7 Å². The molecule has 0 aromatic heterocycles. The van der Waals surface area contributed by atoms with Crippen molar-refractivity contribution in [3.05, 3.63) is 34.3 Å². The predicted octanol–water partition coefficient (Wildman–Crippen LogP) is 2.76. The lowest BCUT2D eigenvalue weighted by atomic mass is 10.1. The van der Waals surface area contributed by atoms with Crippen molar-refractivity contribution >= 4 is 11.6 Å². The van der Waals surface area contributed by atoms with Crippen molar-refractivity contribution in [2.24, 2.45) is 0 Å². The summed E-state index contributed by atoms with van der Waals surface area (Å²) in [5.74, 6) is 0. The molecule has 0 aliphatic carbocycles. The van der Waals surface area contributed by atoms with Gasteiger partial charge in [-0.3, -0.25) is 0 Å². The van der Waals surface area contributed by atoms with Gasteiger partial charge in [-0.2, -0.15) is 0 Å². The predicted molar refractivity (Wildman–Crippen MR) is 53.6 cm³/mol. The lowest BCUT2D eigenvalue weighted by Crippen LogP contribution is -2.11. The van der Waals surface area contributed by atoms with Crippen LogP contribution in [0.3, 0.4) is 0 Å². The molecule has 0 heterocycles. The van der Waals surface area contributed by atoms with Crippen molar-refractivity contribution < 1.29 is 0 Å². The quantitative estimate of drug-likeness (QED) is 0.760. The molecule has 1 aromatic carbocycles. The first-order chi connectivity index (χ1) is 5.74. The van der Waals surface area contributed by atoms with E-state index in [1.54, 1.807) is 0 Å². The van der Waals surface area contributed by atoms with E-state index in [0.29, 0.717) is 0 Å². The van der Waals surface area contributed by atoms with Gasteiger partial charge >= 0.3 is 0 Å². The Balaban J connectivity index is 2.69. The second-order valence-electron chi connectivity index (χ2n) is 2.86. The van der Waals surface area contributed by atoms with E-state index in [4.69, 9.17) is 11.6 Å². The van der Waals surface area contributed by atoms with Crippen LogP contribution in [0.15, 0.2) is 18.2 Å². The van der Waals surface area contributed by atoms with Crippen LogP contribution in [0, 0.1) is 6.92 Å². The van der Waals surface area contributed by atoms with Crippen LogP contribution in [0.4, 0.5) is 0 Å². The number of nitrogens with one attached hydrogen (secondary N) is 1. The molecule has 0 saturated carbocycles. The minimum absolute atomic E-state index is 0.843. The summed E-state index contributed by atoms with van der Waals surface area (Å²) in [5, 5.41) is 4.11. The smallest absolute Gasteiger partial charge is 0.0435 e. The van der Waals surface area contributed by atoms with E-state index in [9.17, 15) is 0 Å². The molecular weight excluding hydrogens is 170 g/mol. The fourth-order valence-corrected chi connectivity index (χ4v) is 1.20. The minimum Gasteiger partial charge on any atom is -0.313 e. The van der Waals surface area contributed by atoms with Crippen LogP contribution >= 0.6 is 11.6 Å². The first-order valence-electron chi connectivity index (χ1n) is 4.19. The number of benzene rings is 1. The highest BCUT2D eigenvalue weighted by Crippen LogP contribution is 2.15. The molecule has 0 aliphatic heterocycles. The largest absolute Gasteiger partial charge is 0.313 e. The first-order valence-corrected chi connectivity index (χ1v) is 4.57. The lowest BCUT2D eigenvalue weighted by Gasteiger charge is -2.03. The maximum absolute atomic E-state index is 5.89. The van der Waals surface area contributed by atoms with Crippen LogP contribution in [-0.4, -0.2) is 6.54 Å². The second-order valence-corrected chi connectivity index (χ2v) is 3.27. The summed E-state index contributed by atoms with van der Waals surface area (Å²) >= 11 is 5.89. The SMILES string of the molecule is CCNCc1ccc(Cl)c(C)c1. The van der Waals surface area contributed by atoms with Crippen LogP contribution in [0.5, 0.6) is 0 Å². The van der Waals surface area contributed by atoms with Crippen molar-refractivity contribution in [2.75, 3.05) is 6.54 Å². The Labute approximate surface area is 78.7 Å². The average Bonchev–Trinajstić information content (AvgIpc) is 2.07. The highest BCUT2D eigenvalue weighted by Gasteiger charge is 1.96. The molecule has 1 N–H and O–H groups in total. The summed E-state index contributed by atoms with van der Waals surface area (Å²) in [6.45, 7) is 6.05. The number of hydrogen-bond donors (Lipinski definition) is 1. The number of rotatable bonds is 3.